The zero-order chi connectivity index (χ0) is 19.7. The van der Waals surface area contributed by atoms with Gasteiger partial charge in [-0.05, 0) is 80.3 Å². The number of allylic oxidation sites excluding steroid dienone is 1. The molecule has 5 aliphatic rings. The van der Waals surface area contributed by atoms with Gasteiger partial charge in [0.2, 0.25) is 0 Å². The molecule has 3 nitrogen and oxygen atoms in total. The maximum absolute atomic E-state index is 12.3. The lowest BCUT2D eigenvalue weighted by molar-refractivity contribution is -0.182. The molecular weight excluding hydrogens is 348 g/mol. The summed E-state index contributed by atoms with van der Waals surface area (Å²) in [6.45, 7) is 6.70. The van der Waals surface area contributed by atoms with Gasteiger partial charge in [-0.2, -0.15) is 0 Å². The third-order valence-corrected chi connectivity index (χ3v) is 9.13. The summed E-state index contributed by atoms with van der Waals surface area (Å²) in [5.41, 5.74) is 1.81. The first-order valence-corrected chi connectivity index (χ1v) is 11.0. The molecule has 28 heavy (non-hydrogen) atoms. The molecule has 4 aliphatic carbocycles. The Hall–Kier alpha value is -1.82. The summed E-state index contributed by atoms with van der Waals surface area (Å²) in [7, 11) is 0. The summed E-state index contributed by atoms with van der Waals surface area (Å²) in [5, 5.41) is 0. The van der Waals surface area contributed by atoms with Gasteiger partial charge in [-0.15, -0.1) is 12.3 Å². The van der Waals surface area contributed by atoms with Crippen molar-refractivity contribution in [1.29, 1.82) is 0 Å². The van der Waals surface area contributed by atoms with E-state index in [0.29, 0.717) is 36.5 Å². The van der Waals surface area contributed by atoms with E-state index in [9.17, 15) is 9.59 Å². The molecule has 0 bridgehead atoms. The first-order valence-electron chi connectivity index (χ1n) is 11.0. The molecule has 0 aromatic rings. The van der Waals surface area contributed by atoms with E-state index in [1.54, 1.807) is 0 Å². The van der Waals surface area contributed by atoms with Gasteiger partial charge in [0, 0.05) is 24.2 Å². The maximum Gasteiger partial charge on any atom is 0.307 e. The lowest BCUT2D eigenvalue weighted by atomic mass is 9.47. The van der Waals surface area contributed by atoms with Gasteiger partial charge in [0.25, 0.3) is 0 Å². The molecule has 1 heterocycles. The van der Waals surface area contributed by atoms with Gasteiger partial charge < -0.3 is 4.74 Å². The van der Waals surface area contributed by atoms with Crippen LogP contribution in [0.15, 0.2) is 23.8 Å². The number of terminal acetylenes is 1. The van der Waals surface area contributed by atoms with Crippen LogP contribution in [0.2, 0.25) is 0 Å². The summed E-state index contributed by atoms with van der Waals surface area (Å²) in [6.07, 6.45) is 15.9. The summed E-state index contributed by atoms with van der Waals surface area (Å²) < 4.78 is 6.15. The first kappa shape index (κ1) is 18.2. The highest BCUT2D eigenvalue weighted by atomic mass is 16.6. The standard InChI is InChI=1S/C25H30O3/c1-4-16-14-24(3)21(11-12-25(24)15(2)5-10-22(27)28-25)20-8-6-17-13-18(26)7-9-19(17)23(16)20/h1,13,16,19-21,23H,2,5-12,14H2,3H3/t16-,19-,20-,21-,23+,24-,25+/m0/s1. The van der Waals surface area contributed by atoms with Crippen LogP contribution in [0.3, 0.4) is 0 Å². The molecule has 0 aromatic heterocycles. The smallest absolute Gasteiger partial charge is 0.307 e. The van der Waals surface area contributed by atoms with Gasteiger partial charge in [0.05, 0.1) is 0 Å². The number of carbonyl (C=O) groups is 2. The third kappa shape index (κ3) is 2.24. The molecule has 1 spiro atoms. The number of fused-ring (bicyclic) bond motifs is 6. The van der Waals surface area contributed by atoms with E-state index in [0.717, 1.165) is 50.5 Å². The number of ketones is 1. The molecule has 5 rings (SSSR count). The fourth-order valence-electron chi connectivity index (χ4n) is 7.99. The highest BCUT2D eigenvalue weighted by Crippen LogP contribution is 2.69. The number of ether oxygens (including phenoxy) is 1. The third-order valence-electron chi connectivity index (χ3n) is 9.13. The van der Waals surface area contributed by atoms with Crippen LogP contribution in [0, 0.1) is 47.3 Å². The van der Waals surface area contributed by atoms with Crippen molar-refractivity contribution in [3.8, 4) is 12.3 Å². The van der Waals surface area contributed by atoms with Crippen LogP contribution in [0.25, 0.3) is 0 Å². The van der Waals surface area contributed by atoms with Crippen molar-refractivity contribution in [2.24, 2.45) is 35.0 Å². The van der Waals surface area contributed by atoms with Crippen LogP contribution in [-0.4, -0.2) is 17.4 Å². The summed E-state index contributed by atoms with van der Waals surface area (Å²) in [5.74, 6) is 5.55. The Labute approximate surface area is 168 Å². The van der Waals surface area contributed by atoms with Crippen LogP contribution >= 0.6 is 0 Å². The molecule has 7 atom stereocenters. The number of hydrogen-bond donors (Lipinski definition) is 0. The molecule has 4 fully saturated rings. The molecule has 1 aliphatic heterocycles. The number of carbonyl (C=O) groups excluding carboxylic acids is 2. The van der Waals surface area contributed by atoms with Gasteiger partial charge >= 0.3 is 5.97 Å². The lowest BCUT2D eigenvalue weighted by Crippen LogP contribution is -2.58. The average Bonchev–Trinajstić information content (AvgIpc) is 2.96. The van der Waals surface area contributed by atoms with E-state index >= 15 is 0 Å². The summed E-state index contributed by atoms with van der Waals surface area (Å²) in [4.78, 5) is 24.3. The van der Waals surface area contributed by atoms with E-state index in [2.05, 4.69) is 19.4 Å². The van der Waals surface area contributed by atoms with E-state index < -0.39 is 5.60 Å². The van der Waals surface area contributed by atoms with Crippen molar-refractivity contribution in [1.82, 2.24) is 0 Å². The molecule has 0 amide bonds. The van der Waals surface area contributed by atoms with E-state index in [4.69, 9.17) is 11.2 Å². The van der Waals surface area contributed by atoms with Gasteiger partial charge in [0.15, 0.2) is 5.78 Å². The average molecular weight is 379 g/mol. The number of esters is 1. The van der Waals surface area contributed by atoms with Crippen molar-refractivity contribution in [2.75, 3.05) is 0 Å². The second-order valence-electron chi connectivity index (χ2n) is 10.1. The molecule has 3 heteroatoms. The van der Waals surface area contributed by atoms with E-state index in [-0.39, 0.29) is 23.1 Å². The molecule has 148 valence electrons. The molecule has 3 saturated carbocycles. The van der Waals surface area contributed by atoms with Gasteiger partial charge in [0.1, 0.15) is 5.60 Å². The van der Waals surface area contributed by atoms with E-state index in [1.807, 2.05) is 6.08 Å². The summed E-state index contributed by atoms with van der Waals surface area (Å²) >= 11 is 0. The Bertz CT molecular complexity index is 829. The Morgan fingerprint density at radius 1 is 1.18 bits per heavy atom. The monoisotopic (exact) mass is 378 g/mol. The largest absolute Gasteiger partial charge is 0.454 e. The van der Waals surface area contributed by atoms with Crippen LogP contribution in [0.4, 0.5) is 0 Å². The molecule has 0 unspecified atom stereocenters. The second-order valence-corrected chi connectivity index (χ2v) is 10.1. The topological polar surface area (TPSA) is 43.4 Å². The SMILES string of the molecule is C#C[C@H]1C[C@@]2(C)[C@@H](CC[C@]23OC(=O)CCC3=C)[C@@H]2CCC3=CC(=O)CC[C@@H]3[C@H]21. The zero-order valence-corrected chi connectivity index (χ0v) is 16.8. The predicted molar refractivity (Wildman–Crippen MR) is 107 cm³/mol. The molecule has 0 N–H and O–H groups in total. The lowest BCUT2D eigenvalue weighted by Gasteiger charge is -2.59. The first-order chi connectivity index (χ1) is 13.4. The van der Waals surface area contributed by atoms with Gasteiger partial charge in [-0.25, -0.2) is 0 Å². The molecule has 0 aromatic carbocycles. The number of rotatable bonds is 0. The highest BCUT2D eigenvalue weighted by molar-refractivity contribution is 5.91. The van der Waals surface area contributed by atoms with Gasteiger partial charge in [-0.3, -0.25) is 9.59 Å². The van der Waals surface area contributed by atoms with Crippen molar-refractivity contribution in [3.05, 3.63) is 23.8 Å². The summed E-state index contributed by atoms with van der Waals surface area (Å²) in [6, 6.07) is 0. The van der Waals surface area contributed by atoms with Crippen LogP contribution in [-0.2, 0) is 14.3 Å². The van der Waals surface area contributed by atoms with Crippen molar-refractivity contribution in [2.45, 2.75) is 70.3 Å². The van der Waals surface area contributed by atoms with Crippen LogP contribution in [0.5, 0.6) is 0 Å². The van der Waals surface area contributed by atoms with Crippen molar-refractivity contribution >= 4 is 11.8 Å². The molecular formula is C25H30O3. The Morgan fingerprint density at radius 2 is 2.00 bits per heavy atom. The van der Waals surface area contributed by atoms with Crippen molar-refractivity contribution in [3.63, 3.8) is 0 Å². The highest BCUT2D eigenvalue weighted by Gasteiger charge is 2.67. The molecule has 0 radical (unpaired) electrons. The Kier molecular flexibility index (Phi) is 3.96. The van der Waals surface area contributed by atoms with E-state index in [1.165, 1.54) is 5.57 Å². The predicted octanol–water partition coefficient (Wildman–Crippen LogP) is 4.62. The van der Waals surface area contributed by atoms with Crippen molar-refractivity contribution < 1.29 is 14.3 Å². The quantitative estimate of drug-likeness (QED) is 0.351. The minimum absolute atomic E-state index is 0.0756. The zero-order valence-electron chi connectivity index (χ0n) is 16.8. The Morgan fingerprint density at radius 3 is 2.79 bits per heavy atom. The molecule has 1 saturated heterocycles. The number of hydrogen-bond acceptors (Lipinski definition) is 3. The van der Waals surface area contributed by atoms with Crippen LogP contribution < -0.4 is 0 Å². The fraction of sp³-hybridized carbons (Fsp3) is 0.680. The minimum atomic E-state index is -0.522. The van der Waals surface area contributed by atoms with Crippen LogP contribution in [0.1, 0.15) is 64.7 Å². The second kappa shape index (κ2) is 6.09. The Balaban J connectivity index is 1.55. The van der Waals surface area contributed by atoms with Gasteiger partial charge in [-0.1, -0.05) is 19.1 Å². The minimum Gasteiger partial charge on any atom is -0.454 e. The fourth-order valence-corrected chi connectivity index (χ4v) is 7.99. The normalized spacial score (nSPS) is 47.5. The maximum atomic E-state index is 12.3.